The van der Waals surface area contributed by atoms with E-state index in [0.717, 1.165) is 45.8 Å². The van der Waals surface area contributed by atoms with Crippen molar-refractivity contribution < 1.29 is 50.2 Å². The fourth-order valence-corrected chi connectivity index (χ4v) is 8.10. The molecule has 3 atom stereocenters. The highest BCUT2D eigenvalue weighted by Gasteiger charge is 2.57. The third-order valence-electron chi connectivity index (χ3n) is 9.40. The molecule has 2 aliphatic rings. The monoisotopic (exact) mass is 773 g/mol. The summed E-state index contributed by atoms with van der Waals surface area (Å²) in [7, 11) is 0. The van der Waals surface area contributed by atoms with Crippen molar-refractivity contribution in [3.8, 4) is 5.75 Å². The minimum absolute atomic E-state index is 0.0364. The Morgan fingerprint density at radius 3 is 2.46 bits per heavy atom. The fraction of sp³-hybridized carbons (Fsp3) is 0.500. The number of carbonyl (C=O) groups is 3. The summed E-state index contributed by atoms with van der Waals surface area (Å²) in [6, 6.07) is 6.04. The Morgan fingerprint density at radius 1 is 1.02 bits per heavy atom. The summed E-state index contributed by atoms with van der Waals surface area (Å²) in [5.74, 6) is -2.36. The molecule has 0 saturated carbocycles. The number of benzene rings is 1. The maximum absolute atomic E-state index is 15.3. The lowest BCUT2D eigenvalue weighted by atomic mass is 9.78. The van der Waals surface area contributed by atoms with Crippen molar-refractivity contribution in [2.24, 2.45) is 0 Å². The van der Waals surface area contributed by atoms with E-state index in [0.29, 0.717) is 42.0 Å². The lowest BCUT2D eigenvalue weighted by molar-refractivity contribution is -0.162. The van der Waals surface area contributed by atoms with E-state index in [2.05, 4.69) is 4.98 Å². The number of hydrogen-bond acceptors (Lipinski definition) is 7. The van der Waals surface area contributed by atoms with Crippen LogP contribution in [0.25, 0.3) is 0 Å². The Hall–Kier alpha value is -3.85. The zero-order chi connectivity index (χ0) is 37.8. The Morgan fingerprint density at radius 2 is 1.79 bits per heavy atom. The first-order valence-electron chi connectivity index (χ1n) is 17.0. The topological polar surface area (TPSA) is 89.0 Å². The number of likely N-dealkylation sites (tertiary alicyclic amines) is 1. The molecule has 0 spiro atoms. The highest BCUT2D eigenvalue weighted by molar-refractivity contribution is 7.10. The van der Waals surface area contributed by atoms with Crippen LogP contribution in [-0.2, 0) is 33.1 Å². The van der Waals surface area contributed by atoms with E-state index in [4.69, 9.17) is 21.1 Å². The summed E-state index contributed by atoms with van der Waals surface area (Å²) in [4.78, 5) is 47.2. The highest BCUT2D eigenvalue weighted by Crippen LogP contribution is 2.45. The maximum Gasteiger partial charge on any atom is 0.425 e. The van der Waals surface area contributed by atoms with Crippen LogP contribution in [0, 0.1) is 0 Å². The van der Waals surface area contributed by atoms with Gasteiger partial charge in [-0.3, -0.25) is 19.4 Å². The van der Waals surface area contributed by atoms with E-state index in [1.807, 2.05) is 0 Å². The molecule has 2 aliphatic heterocycles. The normalized spacial score (nSPS) is 20.7. The standard InChI is InChI=1S/C36H38ClF6N3O5S/c1-3-8-28-34(51-24-20-29(52-21-24)36(41,42)43,15-7-17-46(28)32(48)31-26(35(38,39)40)9-6-16-44-31)33(49)45-18-14-22-19-23(37)12-13-25(22)27(45)10-5-11-30(47)50-4-2/h6,9,12-13,16,19-21,27-28H,3-5,7-8,10-11,14-15,17-18H2,1-2H3. The van der Waals surface area contributed by atoms with Crippen LogP contribution in [0.4, 0.5) is 26.3 Å². The van der Waals surface area contributed by atoms with Crippen LogP contribution >= 0.6 is 22.9 Å². The van der Waals surface area contributed by atoms with Gasteiger partial charge in [0.1, 0.15) is 16.3 Å². The van der Waals surface area contributed by atoms with Gasteiger partial charge in [-0.15, -0.1) is 11.3 Å². The first-order valence-corrected chi connectivity index (χ1v) is 18.3. The predicted octanol–water partition coefficient (Wildman–Crippen LogP) is 8.92. The summed E-state index contributed by atoms with van der Waals surface area (Å²) < 4.78 is 95.0. The molecule has 0 radical (unpaired) electrons. The minimum atomic E-state index is -4.91. The van der Waals surface area contributed by atoms with Crippen molar-refractivity contribution in [2.75, 3.05) is 19.7 Å². The van der Waals surface area contributed by atoms with E-state index < -0.39 is 64.0 Å². The molecule has 0 bridgehead atoms. The second-order valence-electron chi connectivity index (χ2n) is 12.7. The van der Waals surface area contributed by atoms with Crippen molar-refractivity contribution in [1.82, 2.24) is 14.8 Å². The van der Waals surface area contributed by atoms with Crippen LogP contribution in [0.5, 0.6) is 5.75 Å². The molecule has 5 rings (SSSR count). The van der Waals surface area contributed by atoms with Crippen molar-refractivity contribution >= 4 is 40.7 Å². The van der Waals surface area contributed by atoms with E-state index >= 15 is 4.79 Å². The number of fused-ring (bicyclic) bond motifs is 1. The lowest BCUT2D eigenvalue weighted by Gasteiger charge is -2.51. The van der Waals surface area contributed by atoms with E-state index in [1.165, 1.54) is 0 Å². The van der Waals surface area contributed by atoms with E-state index in [9.17, 15) is 35.9 Å². The van der Waals surface area contributed by atoms with Gasteiger partial charge in [-0.1, -0.05) is 31.0 Å². The molecular weight excluding hydrogens is 736 g/mol. The molecule has 1 aromatic carbocycles. The molecule has 52 heavy (non-hydrogen) atoms. The van der Waals surface area contributed by atoms with Gasteiger partial charge in [-0.2, -0.15) is 26.3 Å². The maximum atomic E-state index is 15.3. The molecule has 282 valence electrons. The zero-order valence-corrected chi connectivity index (χ0v) is 30.1. The van der Waals surface area contributed by atoms with Gasteiger partial charge in [0.05, 0.1) is 24.3 Å². The van der Waals surface area contributed by atoms with Gasteiger partial charge in [0, 0.05) is 48.6 Å². The number of amides is 2. The van der Waals surface area contributed by atoms with Crippen molar-refractivity contribution in [3.05, 3.63) is 80.3 Å². The van der Waals surface area contributed by atoms with Gasteiger partial charge in [0.2, 0.25) is 5.60 Å². The van der Waals surface area contributed by atoms with Gasteiger partial charge >= 0.3 is 18.3 Å². The molecule has 0 aliphatic carbocycles. The largest absolute Gasteiger partial charge is 0.474 e. The van der Waals surface area contributed by atoms with Crippen LogP contribution in [0.2, 0.25) is 5.02 Å². The molecule has 1 saturated heterocycles. The SMILES string of the molecule is CCCC1N(C(=O)c2ncccc2C(F)(F)F)CCCC1(Oc1csc(C(F)(F)F)c1)C(=O)N1CCc2cc(Cl)ccc2C1CCCC(=O)OCC. The smallest absolute Gasteiger partial charge is 0.425 e. The molecular formula is C36H38ClF6N3O5S. The molecule has 0 N–H and O–H groups in total. The number of alkyl halides is 6. The average Bonchev–Trinajstić information content (AvgIpc) is 3.57. The predicted molar refractivity (Wildman–Crippen MR) is 181 cm³/mol. The number of ether oxygens (including phenoxy) is 2. The Labute approximate surface area is 306 Å². The molecule has 2 aromatic heterocycles. The molecule has 4 heterocycles. The Kier molecular flexibility index (Phi) is 12.1. The fourth-order valence-electron chi connectivity index (χ4n) is 7.23. The highest BCUT2D eigenvalue weighted by atomic mass is 35.5. The van der Waals surface area contributed by atoms with Crippen molar-refractivity contribution in [1.29, 1.82) is 0 Å². The van der Waals surface area contributed by atoms with Gasteiger partial charge in [-0.25, -0.2) is 0 Å². The van der Waals surface area contributed by atoms with Gasteiger partial charge in [-0.05, 0) is 74.4 Å². The molecule has 2 amide bonds. The van der Waals surface area contributed by atoms with E-state index in [-0.39, 0.29) is 51.1 Å². The minimum Gasteiger partial charge on any atom is -0.474 e. The number of thiophene rings is 1. The second kappa shape index (κ2) is 16.0. The molecule has 3 aromatic rings. The summed E-state index contributed by atoms with van der Waals surface area (Å²) in [6.45, 7) is 3.75. The molecule has 8 nitrogen and oxygen atoms in total. The van der Waals surface area contributed by atoms with Gasteiger partial charge in [0.15, 0.2) is 0 Å². The molecule has 3 unspecified atom stereocenters. The molecule has 16 heteroatoms. The Bertz CT molecular complexity index is 1770. The quantitative estimate of drug-likeness (QED) is 0.143. The lowest BCUT2D eigenvalue weighted by Crippen LogP contribution is -2.68. The number of halogens is 7. The number of piperidine rings is 1. The number of hydrogen-bond donors (Lipinski definition) is 0. The third kappa shape index (κ3) is 8.35. The van der Waals surface area contributed by atoms with E-state index in [1.54, 1.807) is 36.9 Å². The van der Waals surface area contributed by atoms with Gasteiger partial charge in [0.25, 0.3) is 11.8 Å². The van der Waals surface area contributed by atoms with Crippen LogP contribution in [0.15, 0.2) is 48.0 Å². The van der Waals surface area contributed by atoms with Gasteiger partial charge < -0.3 is 19.3 Å². The summed E-state index contributed by atoms with van der Waals surface area (Å²) in [5.41, 5.74) is -2.46. The van der Waals surface area contributed by atoms with Crippen LogP contribution < -0.4 is 4.74 Å². The van der Waals surface area contributed by atoms with Crippen LogP contribution in [0.3, 0.4) is 0 Å². The average molecular weight is 774 g/mol. The number of rotatable bonds is 11. The number of esters is 1. The second-order valence-corrected chi connectivity index (χ2v) is 14.1. The first kappa shape index (κ1) is 39.4. The summed E-state index contributed by atoms with van der Waals surface area (Å²) >= 11 is 6.69. The summed E-state index contributed by atoms with van der Waals surface area (Å²) in [6.07, 6.45) is -7.00. The number of pyridine rings is 1. The number of aromatic nitrogens is 1. The first-order chi connectivity index (χ1) is 24.6. The molecule has 1 fully saturated rings. The van der Waals surface area contributed by atoms with Crippen molar-refractivity contribution in [3.63, 3.8) is 0 Å². The Balaban J connectivity index is 1.62. The summed E-state index contributed by atoms with van der Waals surface area (Å²) in [5, 5.41) is 1.62. The van der Waals surface area contributed by atoms with Crippen LogP contribution in [-0.4, -0.2) is 63.9 Å². The number of nitrogens with zero attached hydrogens (tertiary/aromatic N) is 3. The van der Waals surface area contributed by atoms with Crippen molar-refractivity contribution in [2.45, 2.75) is 95.3 Å². The zero-order valence-electron chi connectivity index (χ0n) is 28.5. The third-order valence-corrected chi connectivity index (χ3v) is 10.6. The number of carbonyl (C=O) groups excluding carboxylic acids is 3. The van der Waals surface area contributed by atoms with Crippen LogP contribution in [0.1, 0.15) is 96.9 Å².